The first-order chi connectivity index (χ1) is 13.0. The van der Waals surface area contributed by atoms with Crippen LogP contribution in [0.25, 0.3) is 0 Å². The number of ketones is 2. The van der Waals surface area contributed by atoms with Gasteiger partial charge in [-0.05, 0) is 56.6 Å². The van der Waals surface area contributed by atoms with Crippen molar-refractivity contribution in [2.75, 3.05) is 6.61 Å². The molecule has 0 amide bonds. The third-order valence-corrected chi connectivity index (χ3v) is 8.79. The number of carbonyl (C=O) groups is 2. The monoisotopic (exact) mass is 392 g/mol. The molecule has 6 heteroatoms. The molecule has 0 spiro atoms. The molecule has 28 heavy (non-hydrogen) atoms. The van der Waals surface area contributed by atoms with Crippen LogP contribution in [0.5, 0.6) is 0 Å². The zero-order chi connectivity index (χ0) is 20.7. The second-order valence-corrected chi connectivity index (χ2v) is 9.75. The van der Waals surface area contributed by atoms with Crippen LogP contribution in [0.2, 0.25) is 0 Å². The minimum atomic E-state index is -1.98. The van der Waals surface area contributed by atoms with E-state index in [0.29, 0.717) is 24.8 Å². The Balaban J connectivity index is 1.84. The number of alkyl halides is 1. The topological polar surface area (TPSA) is 94.8 Å². The van der Waals surface area contributed by atoms with Crippen molar-refractivity contribution in [3.05, 3.63) is 23.8 Å². The van der Waals surface area contributed by atoms with E-state index in [9.17, 15) is 24.9 Å². The van der Waals surface area contributed by atoms with Gasteiger partial charge in [-0.2, -0.15) is 0 Å². The van der Waals surface area contributed by atoms with E-state index in [4.69, 9.17) is 0 Å². The molecule has 0 aromatic heterocycles. The fraction of sp³-hybridized carbons (Fsp3) is 0.727. The van der Waals surface area contributed by atoms with E-state index in [1.54, 1.807) is 26.8 Å². The highest BCUT2D eigenvalue weighted by molar-refractivity contribution is 6.01. The number of aliphatic hydroxyl groups is 3. The SMILES string of the molecule is C[C@@H]1C[C@@H]2[C@@H]3CCC4=CC(=O)C=C[C@]4(C)[C@@]3(F)[C@@H](O)C[C@@]2(C)[C@@]1(O)C(=O)CO. The van der Waals surface area contributed by atoms with Gasteiger partial charge >= 0.3 is 0 Å². The molecule has 3 fully saturated rings. The van der Waals surface area contributed by atoms with Crippen LogP contribution in [0.15, 0.2) is 23.8 Å². The van der Waals surface area contributed by atoms with E-state index >= 15 is 4.39 Å². The van der Waals surface area contributed by atoms with E-state index in [2.05, 4.69) is 0 Å². The summed E-state index contributed by atoms with van der Waals surface area (Å²) >= 11 is 0. The number of fused-ring (bicyclic) bond motifs is 5. The average molecular weight is 392 g/mol. The molecule has 0 bridgehead atoms. The van der Waals surface area contributed by atoms with Gasteiger partial charge in [0.2, 0.25) is 0 Å². The van der Waals surface area contributed by atoms with Crippen molar-refractivity contribution >= 4 is 11.6 Å². The quantitative estimate of drug-likeness (QED) is 0.667. The van der Waals surface area contributed by atoms with Crippen molar-refractivity contribution in [3.63, 3.8) is 0 Å². The van der Waals surface area contributed by atoms with Gasteiger partial charge in [0.15, 0.2) is 17.2 Å². The summed E-state index contributed by atoms with van der Waals surface area (Å²) in [4.78, 5) is 24.4. The van der Waals surface area contributed by atoms with Crippen molar-refractivity contribution in [1.29, 1.82) is 0 Å². The second-order valence-electron chi connectivity index (χ2n) is 9.75. The summed E-state index contributed by atoms with van der Waals surface area (Å²) in [6, 6.07) is 0. The molecular weight excluding hydrogens is 363 g/mol. The Morgan fingerprint density at radius 1 is 1.32 bits per heavy atom. The fourth-order valence-electron chi connectivity index (χ4n) is 7.26. The molecule has 0 aromatic rings. The minimum Gasteiger partial charge on any atom is -0.390 e. The van der Waals surface area contributed by atoms with Gasteiger partial charge < -0.3 is 15.3 Å². The molecule has 4 aliphatic rings. The summed E-state index contributed by atoms with van der Waals surface area (Å²) in [5.41, 5.74) is -5.17. The maximum Gasteiger partial charge on any atom is 0.190 e. The van der Waals surface area contributed by atoms with Crippen LogP contribution in [0, 0.1) is 28.6 Å². The molecular formula is C22H29FO5. The van der Waals surface area contributed by atoms with E-state index < -0.39 is 52.4 Å². The van der Waals surface area contributed by atoms with Gasteiger partial charge in [0, 0.05) is 16.7 Å². The molecule has 4 aliphatic carbocycles. The lowest BCUT2D eigenvalue weighted by Gasteiger charge is -2.62. The highest BCUT2D eigenvalue weighted by atomic mass is 19.1. The third kappa shape index (κ3) is 2.01. The molecule has 8 atom stereocenters. The Hall–Kier alpha value is -1.37. The van der Waals surface area contributed by atoms with Gasteiger partial charge in [0.05, 0.1) is 6.10 Å². The van der Waals surface area contributed by atoms with Gasteiger partial charge in [-0.15, -0.1) is 0 Å². The number of hydrogen-bond donors (Lipinski definition) is 3. The largest absolute Gasteiger partial charge is 0.390 e. The highest BCUT2D eigenvalue weighted by Gasteiger charge is 2.75. The lowest BCUT2D eigenvalue weighted by Crippen LogP contribution is -2.69. The first-order valence-corrected chi connectivity index (χ1v) is 10.1. The van der Waals surface area contributed by atoms with E-state index in [-0.39, 0.29) is 18.1 Å². The standard InChI is InChI=1S/C22H29FO5/c1-12-8-16-15-5-4-13-9-14(25)6-7-19(13,2)21(15,23)17(26)10-20(16,3)22(12,28)18(27)11-24/h6-7,9,12,15-17,24,26,28H,4-5,8,10-11H2,1-3H3/t12-,15+,16-,17+,19+,20-,21+,22+/m1/s1. The smallest absolute Gasteiger partial charge is 0.190 e. The van der Waals surface area contributed by atoms with Crippen molar-refractivity contribution in [2.45, 2.75) is 63.8 Å². The molecule has 0 aromatic carbocycles. The molecule has 154 valence electrons. The molecule has 0 heterocycles. The fourth-order valence-corrected chi connectivity index (χ4v) is 7.26. The number of allylic oxidation sites excluding steroid dienone is 4. The van der Waals surface area contributed by atoms with Gasteiger partial charge in [0.25, 0.3) is 0 Å². The number of halogens is 1. The summed E-state index contributed by atoms with van der Waals surface area (Å²) in [6.45, 7) is 4.48. The number of hydrogen-bond acceptors (Lipinski definition) is 5. The van der Waals surface area contributed by atoms with Crippen LogP contribution in [0.1, 0.15) is 46.5 Å². The first kappa shape index (κ1) is 19.9. The summed E-state index contributed by atoms with van der Waals surface area (Å²) in [7, 11) is 0. The number of aliphatic hydroxyl groups excluding tert-OH is 2. The molecule has 3 saturated carbocycles. The number of carbonyl (C=O) groups excluding carboxylic acids is 2. The van der Waals surface area contributed by atoms with E-state index in [1.807, 2.05) is 0 Å². The van der Waals surface area contributed by atoms with Crippen LogP contribution in [0.4, 0.5) is 4.39 Å². The summed E-state index contributed by atoms with van der Waals surface area (Å²) in [5, 5.41) is 32.0. The lowest BCUT2D eigenvalue weighted by molar-refractivity contribution is -0.219. The van der Waals surface area contributed by atoms with E-state index in [0.717, 1.165) is 0 Å². The zero-order valence-electron chi connectivity index (χ0n) is 16.6. The van der Waals surface area contributed by atoms with Gasteiger partial charge in [-0.1, -0.05) is 25.5 Å². The molecule has 0 aliphatic heterocycles. The van der Waals surface area contributed by atoms with Crippen molar-refractivity contribution < 1.29 is 29.3 Å². The van der Waals surface area contributed by atoms with Crippen LogP contribution in [-0.4, -0.2) is 50.9 Å². The summed E-state index contributed by atoms with van der Waals surface area (Å²) in [5.74, 6) is -2.12. The predicted octanol–water partition coefficient (Wildman–Crippen LogP) is 1.90. The Morgan fingerprint density at radius 3 is 2.64 bits per heavy atom. The molecule has 0 radical (unpaired) electrons. The number of Topliss-reactive ketones (excluding diaryl/α,β-unsaturated/α-hetero) is 1. The average Bonchev–Trinajstić information content (AvgIpc) is 2.84. The Kier molecular flexibility index (Phi) is 4.15. The zero-order valence-corrected chi connectivity index (χ0v) is 16.6. The highest BCUT2D eigenvalue weighted by Crippen LogP contribution is 2.70. The predicted molar refractivity (Wildman–Crippen MR) is 99.9 cm³/mol. The van der Waals surface area contributed by atoms with Crippen molar-refractivity contribution in [2.24, 2.45) is 28.6 Å². The molecule has 3 N–H and O–H groups in total. The van der Waals surface area contributed by atoms with Gasteiger partial charge in [-0.25, -0.2) is 4.39 Å². The Labute approximate surface area is 164 Å². The Bertz CT molecular complexity index is 805. The van der Waals surface area contributed by atoms with Crippen LogP contribution < -0.4 is 0 Å². The van der Waals surface area contributed by atoms with Crippen LogP contribution in [-0.2, 0) is 9.59 Å². The first-order valence-electron chi connectivity index (χ1n) is 10.1. The maximum atomic E-state index is 16.9. The summed E-state index contributed by atoms with van der Waals surface area (Å²) < 4.78 is 16.9. The molecule has 4 rings (SSSR count). The van der Waals surface area contributed by atoms with Gasteiger partial charge in [0.1, 0.15) is 12.2 Å². The van der Waals surface area contributed by atoms with Gasteiger partial charge in [-0.3, -0.25) is 9.59 Å². The molecule has 0 unspecified atom stereocenters. The normalized spacial score (nSPS) is 52.5. The number of rotatable bonds is 2. The lowest BCUT2D eigenvalue weighted by atomic mass is 9.44. The third-order valence-electron chi connectivity index (χ3n) is 8.79. The van der Waals surface area contributed by atoms with Crippen molar-refractivity contribution in [1.82, 2.24) is 0 Å². The van der Waals surface area contributed by atoms with E-state index in [1.165, 1.54) is 12.2 Å². The minimum absolute atomic E-state index is 0.0676. The Morgan fingerprint density at radius 2 is 2.00 bits per heavy atom. The second kappa shape index (κ2) is 5.83. The van der Waals surface area contributed by atoms with Crippen molar-refractivity contribution in [3.8, 4) is 0 Å². The van der Waals surface area contributed by atoms with Crippen LogP contribution in [0.3, 0.4) is 0 Å². The molecule has 0 saturated heterocycles. The summed E-state index contributed by atoms with van der Waals surface area (Å²) in [6.07, 6.45) is 4.44. The maximum absolute atomic E-state index is 16.9. The molecule has 5 nitrogen and oxygen atoms in total. The van der Waals surface area contributed by atoms with Crippen LogP contribution >= 0.6 is 0 Å².